The van der Waals surface area contributed by atoms with Crippen LogP contribution in [0.5, 0.6) is 6.01 Å². The number of pyridine rings is 1. The highest BCUT2D eigenvalue weighted by molar-refractivity contribution is 6.30. The Morgan fingerprint density at radius 3 is 2.84 bits per heavy atom. The first-order chi connectivity index (χ1) is 17.6. The Morgan fingerprint density at radius 2 is 2.08 bits per heavy atom. The number of ether oxygens (including phenoxy) is 2. The zero-order valence-electron chi connectivity index (χ0n) is 21.5. The molecule has 3 saturated heterocycles. The third-order valence-corrected chi connectivity index (χ3v) is 8.19. The molecule has 0 radical (unpaired) electrons. The number of β-amino-alcohol motifs (C(OH)–C–C–N with tert-alkyl or cyclic N) is 1. The summed E-state index contributed by atoms with van der Waals surface area (Å²) in [5, 5.41) is 10.8. The quantitative estimate of drug-likeness (QED) is 0.554. The summed E-state index contributed by atoms with van der Waals surface area (Å²) in [6.07, 6.45) is 5.64. The molecule has 37 heavy (non-hydrogen) atoms. The van der Waals surface area contributed by atoms with E-state index in [9.17, 15) is 9.90 Å². The zero-order chi connectivity index (χ0) is 26.4. The number of carbonyl (C=O) groups excluding carboxylic acids is 1. The minimum absolute atomic E-state index is 0.0341. The van der Waals surface area contributed by atoms with Crippen molar-refractivity contribution in [2.75, 3.05) is 44.7 Å². The van der Waals surface area contributed by atoms with Gasteiger partial charge >= 0.3 is 12.1 Å². The fourth-order valence-electron chi connectivity index (χ4n) is 5.82. The monoisotopic (exact) mass is 536 g/mol. The van der Waals surface area contributed by atoms with Crippen LogP contribution in [0.25, 0.3) is 10.9 Å². The van der Waals surface area contributed by atoms with E-state index in [-0.39, 0.29) is 41.1 Å². The Bertz CT molecular complexity index is 1190. The highest BCUT2D eigenvalue weighted by Crippen LogP contribution is 2.43. The second kappa shape index (κ2) is 9.99. The lowest BCUT2D eigenvalue weighted by Gasteiger charge is -2.38. The fraction of sp³-hybridized carbons (Fsp3) is 0.680. The molecule has 5 rings (SSSR count). The van der Waals surface area contributed by atoms with Gasteiger partial charge in [-0.25, -0.2) is 14.2 Å². The van der Waals surface area contributed by atoms with Gasteiger partial charge in [-0.05, 0) is 46.0 Å². The summed E-state index contributed by atoms with van der Waals surface area (Å²) < 4.78 is 27.0. The lowest BCUT2D eigenvalue weighted by atomic mass is 9.95. The molecule has 202 valence electrons. The summed E-state index contributed by atoms with van der Waals surface area (Å²) in [5.74, 6) is -0.269. The van der Waals surface area contributed by atoms with Crippen molar-refractivity contribution in [2.45, 2.75) is 69.7 Å². The Labute approximate surface area is 220 Å². The number of hydrogen-bond donors (Lipinski definition) is 1. The standard InChI is InChI=1S/C25H34ClFN6O4/c1-4-31(3)23(34)37-17-7-10-25(9-6-12-33(17)25)15-36-22-29-19-16(13-28-20(26)18(19)27)21(30-22)32-11-5-8-24(2,35)14-32/h13,17,35H,4-12,14-15H2,1-3H3/t17-,24+,25+/m0/s1. The van der Waals surface area contributed by atoms with Gasteiger partial charge in [-0.1, -0.05) is 11.6 Å². The number of carbonyl (C=O) groups is 1. The van der Waals surface area contributed by atoms with Crippen LogP contribution in [0.15, 0.2) is 6.20 Å². The van der Waals surface area contributed by atoms with E-state index in [0.717, 1.165) is 38.6 Å². The minimum atomic E-state index is -0.888. The molecule has 3 aliphatic heterocycles. The predicted molar refractivity (Wildman–Crippen MR) is 136 cm³/mol. The molecule has 5 heterocycles. The third-order valence-electron chi connectivity index (χ3n) is 7.92. The van der Waals surface area contributed by atoms with Crippen LogP contribution < -0.4 is 9.64 Å². The summed E-state index contributed by atoms with van der Waals surface area (Å²) in [7, 11) is 1.72. The molecule has 3 fully saturated rings. The zero-order valence-corrected chi connectivity index (χ0v) is 22.3. The predicted octanol–water partition coefficient (Wildman–Crippen LogP) is 3.59. The number of piperidine rings is 1. The summed E-state index contributed by atoms with van der Waals surface area (Å²) >= 11 is 5.97. The van der Waals surface area contributed by atoms with Crippen molar-refractivity contribution in [2.24, 2.45) is 0 Å². The normalized spacial score (nSPS) is 27.9. The van der Waals surface area contributed by atoms with Crippen molar-refractivity contribution in [3.05, 3.63) is 17.2 Å². The number of anilines is 1. The molecule has 0 spiro atoms. The highest BCUT2D eigenvalue weighted by Gasteiger charge is 2.51. The molecular formula is C25H34ClFN6O4. The number of aliphatic hydroxyl groups is 1. The molecule has 1 N–H and O–H groups in total. The van der Waals surface area contributed by atoms with Crippen molar-refractivity contribution in [1.29, 1.82) is 0 Å². The van der Waals surface area contributed by atoms with E-state index < -0.39 is 11.4 Å². The summed E-state index contributed by atoms with van der Waals surface area (Å²) in [5.41, 5.74) is -1.16. The Balaban J connectivity index is 1.40. The first-order valence-electron chi connectivity index (χ1n) is 12.9. The minimum Gasteiger partial charge on any atom is -0.461 e. The molecule has 0 unspecified atom stereocenters. The smallest absolute Gasteiger partial charge is 0.411 e. The number of rotatable bonds is 6. The first-order valence-corrected chi connectivity index (χ1v) is 13.3. The van der Waals surface area contributed by atoms with E-state index in [1.54, 1.807) is 18.9 Å². The molecule has 1 amide bonds. The average molecular weight is 537 g/mol. The number of aromatic nitrogens is 3. The Morgan fingerprint density at radius 1 is 1.30 bits per heavy atom. The molecule has 12 heteroatoms. The summed E-state index contributed by atoms with van der Waals surface area (Å²) in [6.45, 7) is 6.35. The van der Waals surface area contributed by atoms with Crippen molar-refractivity contribution < 1.29 is 23.8 Å². The molecule has 0 aromatic carbocycles. The summed E-state index contributed by atoms with van der Waals surface area (Å²) in [6, 6.07) is 0.0428. The lowest BCUT2D eigenvalue weighted by molar-refractivity contribution is -0.0331. The van der Waals surface area contributed by atoms with Gasteiger partial charge in [0.2, 0.25) is 0 Å². The Kier molecular flexibility index (Phi) is 7.06. The third kappa shape index (κ3) is 5.00. The average Bonchev–Trinajstić information content (AvgIpc) is 3.43. The van der Waals surface area contributed by atoms with Crippen LogP contribution >= 0.6 is 11.6 Å². The molecule has 10 nitrogen and oxygen atoms in total. The van der Waals surface area contributed by atoms with Crippen LogP contribution in [-0.2, 0) is 4.74 Å². The number of fused-ring (bicyclic) bond motifs is 2. The van der Waals surface area contributed by atoms with E-state index in [1.807, 2.05) is 11.8 Å². The topological polar surface area (TPSA) is 104 Å². The van der Waals surface area contributed by atoms with E-state index >= 15 is 4.39 Å². The van der Waals surface area contributed by atoms with Crippen LogP contribution in [0.2, 0.25) is 5.15 Å². The summed E-state index contributed by atoms with van der Waals surface area (Å²) in [4.78, 5) is 31.0. The van der Waals surface area contributed by atoms with Crippen molar-refractivity contribution in [3.8, 4) is 6.01 Å². The van der Waals surface area contributed by atoms with Crippen LogP contribution in [-0.4, -0.2) is 93.2 Å². The van der Waals surface area contributed by atoms with Crippen molar-refractivity contribution in [1.82, 2.24) is 24.8 Å². The number of nitrogens with zero attached hydrogens (tertiary/aromatic N) is 6. The van der Waals surface area contributed by atoms with Gasteiger partial charge in [0.25, 0.3) is 0 Å². The number of halogens is 2. The van der Waals surface area contributed by atoms with Gasteiger partial charge < -0.3 is 24.4 Å². The molecule has 2 aromatic heterocycles. The largest absolute Gasteiger partial charge is 0.461 e. The molecular weight excluding hydrogens is 503 g/mol. The van der Waals surface area contributed by atoms with Crippen LogP contribution in [0, 0.1) is 5.82 Å². The highest BCUT2D eigenvalue weighted by atomic mass is 35.5. The SMILES string of the molecule is CCN(C)C(=O)O[C@H]1CC[C@@]2(COc3nc(N4CCC[C@@](C)(O)C4)c4cnc(Cl)c(F)c4n3)CCCN12. The maximum absolute atomic E-state index is 15.0. The van der Waals surface area contributed by atoms with Crippen LogP contribution in [0.3, 0.4) is 0 Å². The molecule has 0 bridgehead atoms. The van der Waals surface area contributed by atoms with Gasteiger partial charge in [0.1, 0.15) is 17.9 Å². The van der Waals surface area contributed by atoms with Gasteiger partial charge in [-0.3, -0.25) is 4.90 Å². The number of hydrogen-bond acceptors (Lipinski definition) is 9. The molecule has 2 aromatic rings. The van der Waals surface area contributed by atoms with E-state index in [1.165, 1.54) is 6.20 Å². The lowest BCUT2D eigenvalue weighted by Crippen LogP contribution is -2.48. The second-order valence-electron chi connectivity index (χ2n) is 10.7. The second-order valence-corrected chi connectivity index (χ2v) is 11.0. The van der Waals surface area contributed by atoms with Crippen LogP contribution in [0.4, 0.5) is 15.0 Å². The van der Waals surface area contributed by atoms with Crippen molar-refractivity contribution in [3.63, 3.8) is 0 Å². The van der Waals surface area contributed by atoms with Gasteiger partial charge in [0.15, 0.2) is 17.2 Å². The maximum Gasteiger partial charge on any atom is 0.411 e. The molecule has 3 atom stereocenters. The Hall–Kier alpha value is -2.50. The van der Waals surface area contributed by atoms with E-state index in [4.69, 9.17) is 21.1 Å². The maximum atomic E-state index is 15.0. The van der Waals surface area contributed by atoms with Gasteiger partial charge in [0.05, 0.1) is 16.5 Å². The number of amides is 1. The van der Waals surface area contributed by atoms with E-state index in [0.29, 0.717) is 37.3 Å². The van der Waals surface area contributed by atoms with Gasteiger partial charge in [-0.15, -0.1) is 0 Å². The molecule has 0 saturated carbocycles. The fourth-order valence-corrected chi connectivity index (χ4v) is 5.95. The first kappa shape index (κ1) is 26.1. The van der Waals surface area contributed by atoms with Gasteiger partial charge in [-0.2, -0.15) is 9.97 Å². The molecule has 3 aliphatic rings. The van der Waals surface area contributed by atoms with Crippen molar-refractivity contribution >= 4 is 34.4 Å². The van der Waals surface area contributed by atoms with Gasteiger partial charge in [0, 0.05) is 45.8 Å². The van der Waals surface area contributed by atoms with E-state index in [2.05, 4.69) is 19.9 Å². The van der Waals surface area contributed by atoms with Crippen LogP contribution in [0.1, 0.15) is 52.4 Å². The molecule has 0 aliphatic carbocycles.